The first-order chi connectivity index (χ1) is 16.0. The van der Waals surface area contributed by atoms with Crippen LogP contribution in [0, 0.1) is 0 Å². The molecule has 1 aliphatic rings. The fraction of sp³-hybridized carbons (Fsp3) is 0.308. The van der Waals surface area contributed by atoms with Crippen LogP contribution < -0.4 is 0 Å². The lowest BCUT2D eigenvalue weighted by Gasteiger charge is -2.26. The average Bonchev–Trinajstić information content (AvgIpc) is 3.25. The molecule has 170 valence electrons. The minimum Gasteiger partial charge on any atom is -0.511 e. The Morgan fingerprint density at radius 2 is 1.88 bits per heavy atom. The number of benzene rings is 2. The van der Waals surface area contributed by atoms with E-state index in [1.807, 2.05) is 54.6 Å². The van der Waals surface area contributed by atoms with Crippen molar-refractivity contribution in [2.24, 2.45) is 4.99 Å². The Balaban J connectivity index is 1.57. The van der Waals surface area contributed by atoms with Crippen molar-refractivity contribution in [3.8, 4) is 0 Å². The van der Waals surface area contributed by atoms with Crippen LogP contribution in [0.15, 0.2) is 70.9 Å². The maximum absolute atomic E-state index is 13.1. The third-order valence-corrected chi connectivity index (χ3v) is 5.88. The second kappa shape index (κ2) is 10.3. The van der Waals surface area contributed by atoms with Crippen LogP contribution in [0.2, 0.25) is 0 Å². The van der Waals surface area contributed by atoms with E-state index in [4.69, 9.17) is 4.99 Å². The number of para-hydroxylation sites is 2. The lowest BCUT2D eigenvalue weighted by atomic mass is 9.78. The number of methoxy groups -OCH3 is 1. The molecule has 1 unspecified atom stereocenters. The van der Waals surface area contributed by atoms with Gasteiger partial charge >= 0.3 is 5.97 Å². The van der Waals surface area contributed by atoms with Crippen molar-refractivity contribution in [2.45, 2.75) is 38.0 Å². The van der Waals surface area contributed by atoms with Crippen LogP contribution in [0.25, 0.3) is 11.0 Å². The molecule has 1 atom stereocenters. The number of H-pyrrole nitrogens is 1. The fourth-order valence-electron chi connectivity index (χ4n) is 4.19. The van der Waals surface area contributed by atoms with Crippen LogP contribution in [0.1, 0.15) is 43.0 Å². The summed E-state index contributed by atoms with van der Waals surface area (Å²) in [5, 5.41) is 10.7. The van der Waals surface area contributed by atoms with Crippen LogP contribution in [-0.4, -0.2) is 46.2 Å². The van der Waals surface area contributed by atoms with E-state index in [1.54, 1.807) is 0 Å². The topological polar surface area (TPSA) is 105 Å². The molecule has 1 fully saturated rings. The van der Waals surface area contributed by atoms with Gasteiger partial charge in [-0.1, -0.05) is 42.5 Å². The molecule has 7 nitrogen and oxygen atoms in total. The number of hydrogen-bond donors (Lipinski definition) is 2. The molecule has 1 aromatic heterocycles. The summed E-state index contributed by atoms with van der Waals surface area (Å²) in [7, 11) is 1.30. The van der Waals surface area contributed by atoms with E-state index >= 15 is 0 Å². The summed E-state index contributed by atoms with van der Waals surface area (Å²) in [6.07, 6.45) is 1.48. The molecule has 0 spiro atoms. The van der Waals surface area contributed by atoms with Gasteiger partial charge in [0.25, 0.3) is 0 Å². The van der Waals surface area contributed by atoms with Crippen LogP contribution in [-0.2, 0) is 20.7 Å². The molecule has 0 amide bonds. The summed E-state index contributed by atoms with van der Waals surface area (Å²) in [5.74, 6) is 0.138. The van der Waals surface area contributed by atoms with Gasteiger partial charge in [0, 0.05) is 31.5 Å². The molecule has 0 aliphatic heterocycles. The summed E-state index contributed by atoms with van der Waals surface area (Å²) >= 11 is 0. The Morgan fingerprint density at radius 1 is 1.12 bits per heavy atom. The molecule has 0 bridgehead atoms. The second-order valence-electron chi connectivity index (χ2n) is 8.12. The van der Waals surface area contributed by atoms with Crippen LogP contribution in [0.5, 0.6) is 0 Å². The number of rotatable bonds is 7. The lowest BCUT2D eigenvalue weighted by molar-refractivity contribution is -0.140. The van der Waals surface area contributed by atoms with Crippen molar-refractivity contribution in [2.75, 3.05) is 13.7 Å². The van der Waals surface area contributed by atoms with Crippen molar-refractivity contribution < 1.29 is 19.4 Å². The number of ketones is 1. The molecule has 3 aromatic rings. The number of carbonyl (C=O) groups is 2. The molecule has 1 saturated carbocycles. The number of aliphatic imine (C=N–C) groups is 1. The second-order valence-corrected chi connectivity index (χ2v) is 8.12. The van der Waals surface area contributed by atoms with Gasteiger partial charge in [-0.05, 0) is 30.0 Å². The molecule has 7 heteroatoms. The quantitative estimate of drug-likeness (QED) is 0.317. The molecule has 0 radical (unpaired) electrons. The first-order valence-electron chi connectivity index (χ1n) is 11.1. The number of nitrogens with one attached hydrogen (secondary N) is 1. The smallest absolute Gasteiger partial charge is 0.305 e. The lowest BCUT2D eigenvalue weighted by Crippen LogP contribution is -2.27. The molecule has 2 aromatic carbocycles. The number of aromatic nitrogens is 2. The Morgan fingerprint density at radius 3 is 2.64 bits per heavy atom. The maximum atomic E-state index is 13.1. The van der Waals surface area contributed by atoms with Gasteiger partial charge in [0.05, 0.1) is 30.1 Å². The number of hydrogen-bond acceptors (Lipinski definition) is 6. The van der Waals surface area contributed by atoms with Gasteiger partial charge in [-0.25, -0.2) is 4.98 Å². The van der Waals surface area contributed by atoms with Gasteiger partial charge in [0.1, 0.15) is 11.6 Å². The molecule has 2 N–H and O–H groups in total. The van der Waals surface area contributed by atoms with E-state index in [0.717, 1.165) is 22.4 Å². The van der Waals surface area contributed by atoms with Gasteiger partial charge in [-0.2, -0.15) is 0 Å². The zero-order valence-electron chi connectivity index (χ0n) is 18.6. The first-order valence-corrected chi connectivity index (χ1v) is 11.1. The fourth-order valence-corrected chi connectivity index (χ4v) is 4.19. The summed E-state index contributed by atoms with van der Waals surface area (Å²) < 4.78 is 4.66. The van der Waals surface area contributed by atoms with Crippen molar-refractivity contribution in [1.82, 2.24) is 9.97 Å². The number of carbonyl (C=O) groups excluding carboxylic acids is 2. The zero-order chi connectivity index (χ0) is 23.2. The minimum absolute atomic E-state index is 0.000748. The molecule has 4 rings (SSSR count). The number of fused-ring (bicyclic) bond motifs is 1. The third-order valence-electron chi connectivity index (χ3n) is 5.88. The van der Waals surface area contributed by atoms with Crippen LogP contribution in [0.3, 0.4) is 0 Å². The molecular weight excluding hydrogens is 418 g/mol. The van der Waals surface area contributed by atoms with Gasteiger partial charge in [-0.15, -0.1) is 0 Å². The number of Topliss-reactive ketones (excluding diaryl/α,β-unsaturated/α-hetero) is 1. The summed E-state index contributed by atoms with van der Waals surface area (Å²) in [4.78, 5) is 37.2. The number of aliphatic hydroxyl groups is 1. The number of ether oxygens (including phenoxy) is 1. The van der Waals surface area contributed by atoms with Crippen LogP contribution in [0.4, 0.5) is 0 Å². The normalized spacial score (nSPS) is 19.1. The Labute approximate surface area is 192 Å². The SMILES string of the molecule is COC(=O)CC/C(O)=C1\C(=O)CC(c2ccccc2)CC1=NCCc1nc2ccccc2[nH]1. The molecule has 33 heavy (non-hydrogen) atoms. The Kier molecular flexibility index (Phi) is 6.98. The monoisotopic (exact) mass is 445 g/mol. The van der Waals surface area contributed by atoms with E-state index in [-0.39, 0.29) is 35.9 Å². The number of aromatic amines is 1. The Bertz CT molecular complexity index is 1180. The number of allylic oxidation sites excluding steroid dienone is 2. The van der Waals surface area contributed by atoms with E-state index in [0.29, 0.717) is 31.5 Å². The minimum atomic E-state index is -0.434. The number of aliphatic hydroxyl groups excluding tert-OH is 1. The number of imidazole rings is 1. The number of esters is 1. The maximum Gasteiger partial charge on any atom is 0.305 e. The third kappa shape index (κ3) is 5.37. The van der Waals surface area contributed by atoms with Gasteiger partial charge in [-0.3, -0.25) is 14.6 Å². The highest BCUT2D eigenvalue weighted by Crippen LogP contribution is 2.33. The molecule has 0 saturated heterocycles. The summed E-state index contributed by atoms with van der Waals surface area (Å²) in [6.45, 7) is 0.428. The van der Waals surface area contributed by atoms with Crippen molar-refractivity contribution in [1.29, 1.82) is 0 Å². The van der Waals surface area contributed by atoms with Gasteiger partial charge in [0.2, 0.25) is 0 Å². The van der Waals surface area contributed by atoms with Crippen molar-refractivity contribution >= 4 is 28.5 Å². The van der Waals surface area contributed by atoms with E-state index in [2.05, 4.69) is 14.7 Å². The van der Waals surface area contributed by atoms with E-state index in [9.17, 15) is 14.7 Å². The van der Waals surface area contributed by atoms with Crippen molar-refractivity contribution in [3.63, 3.8) is 0 Å². The molecular formula is C26H27N3O4. The summed E-state index contributed by atoms with van der Waals surface area (Å²) in [5.41, 5.74) is 3.77. The van der Waals surface area contributed by atoms with E-state index < -0.39 is 5.97 Å². The standard InChI is InChI=1S/C26H27N3O4/c1-33-25(32)12-11-22(30)26-21(15-18(16-23(26)31)17-7-3-2-4-8-17)27-14-13-24-28-19-9-5-6-10-20(19)29-24/h2-10,18,30H,11-16H2,1H3,(H,28,29)/b26-22+,27-21?. The molecule has 1 aliphatic carbocycles. The van der Waals surface area contributed by atoms with Gasteiger partial charge in [0.15, 0.2) is 5.78 Å². The van der Waals surface area contributed by atoms with Crippen molar-refractivity contribution in [3.05, 3.63) is 77.3 Å². The van der Waals surface area contributed by atoms with E-state index in [1.165, 1.54) is 7.11 Å². The number of nitrogens with zero attached hydrogens (tertiary/aromatic N) is 2. The Hall–Kier alpha value is -3.74. The summed E-state index contributed by atoms with van der Waals surface area (Å²) in [6, 6.07) is 17.7. The first kappa shape index (κ1) is 22.5. The predicted molar refractivity (Wildman–Crippen MR) is 126 cm³/mol. The average molecular weight is 446 g/mol. The highest BCUT2D eigenvalue weighted by atomic mass is 16.5. The zero-order valence-corrected chi connectivity index (χ0v) is 18.6. The van der Waals surface area contributed by atoms with Gasteiger partial charge < -0.3 is 14.8 Å². The predicted octanol–water partition coefficient (Wildman–Crippen LogP) is 4.46. The largest absolute Gasteiger partial charge is 0.511 e. The highest BCUT2D eigenvalue weighted by Gasteiger charge is 2.32. The highest BCUT2D eigenvalue weighted by molar-refractivity contribution is 6.24. The molecule has 1 heterocycles. The van der Waals surface area contributed by atoms with Crippen LogP contribution >= 0.6 is 0 Å².